The molecule has 2 rings (SSSR count). The van der Waals surface area contributed by atoms with Crippen LogP contribution >= 0.6 is 0 Å². The highest BCUT2D eigenvalue weighted by molar-refractivity contribution is 5.95. The van der Waals surface area contributed by atoms with Crippen LogP contribution in [-0.4, -0.2) is 17.0 Å². The molecular formula is C15H12FN3O3. The fraction of sp³-hybridized carbons (Fsp3) is 0.0667. The van der Waals surface area contributed by atoms with Gasteiger partial charge in [0.2, 0.25) is 0 Å². The number of hydrogen-bond donors (Lipinski definition) is 1. The molecule has 0 spiro atoms. The number of nitro groups is 1. The Morgan fingerprint density at radius 3 is 2.55 bits per heavy atom. The van der Waals surface area contributed by atoms with Gasteiger partial charge >= 0.3 is 0 Å². The normalized spacial score (nSPS) is 10.6. The number of amides is 1. The van der Waals surface area contributed by atoms with Crippen LogP contribution in [0.15, 0.2) is 47.6 Å². The molecule has 1 amide bonds. The van der Waals surface area contributed by atoms with Crippen molar-refractivity contribution in [2.75, 3.05) is 0 Å². The van der Waals surface area contributed by atoms with Crippen LogP contribution < -0.4 is 5.43 Å². The van der Waals surface area contributed by atoms with Crippen LogP contribution in [-0.2, 0) is 0 Å². The molecule has 0 heterocycles. The van der Waals surface area contributed by atoms with E-state index in [2.05, 4.69) is 10.5 Å². The fourth-order valence-corrected chi connectivity index (χ4v) is 1.78. The third-order valence-corrected chi connectivity index (χ3v) is 2.91. The van der Waals surface area contributed by atoms with E-state index in [4.69, 9.17) is 0 Å². The quantitative estimate of drug-likeness (QED) is 0.535. The Morgan fingerprint density at radius 2 is 1.95 bits per heavy atom. The number of rotatable bonds is 4. The van der Waals surface area contributed by atoms with Gasteiger partial charge in [-0.25, -0.2) is 9.82 Å². The Morgan fingerprint density at radius 1 is 1.27 bits per heavy atom. The van der Waals surface area contributed by atoms with E-state index in [0.29, 0.717) is 11.1 Å². The number of hydrogen-bond acceptors (Lipinski definition) is 4. The predicted octanol–water partition coefficient (Wildman–Crippen LogP) is 2.81. The second kappa shape index (κ2) is 6.57. The van der Waals surface area contributed by atoms with E-state index in [1.54, 1.807) is 6.92 Å². The lowest BCUT2D eigenvalue weighted by Gasteiger charge is -2.02. The largest absolute Gasteiger partial charge is 0.272 e. The van der Waals surface area contributed by atoms with Gasteiger partial charge in [0.15, 0.2) is 0 Å². The molecule has 0 saturated heterocycles. The summed E-state index contributed by atoms with van der Waals surface area (Å²) in [6, 6.07) is 9.64. The van der Waals surface area contributed by atoms with E-state index in [-0.39, 0.29) is 17.1 Å². The van der Waals surface area contributed by atoms with E-state index >= 15 is 0 Å². The maximum absolute atomic E-state index is 12.7. The van der Waals surface area contributed by atoms with Gasteiger partial charge in [0.05, 0.1) is 11.1 Å². The smallest absolute Gasteiger partial charge is 0.267 e. The van der Waals surface area contributed by atoms with Gasteiger partial charge in [-0.1, -0.05) is 12.1 Å². The summed E-state index contributed by atoms with van der Waals surface area (Å²) < 4.78 is 12.7. The molecule has 0 radical (unpaired) electrons. The maximum atomic E-state index is 12.7. The van der Waals surface area contributed by atoms with Crippen molar-refractivity contribution in [3.05, 3.63) is 75.1 Å². The van der Waals surface area contributed by atoms with Crippen molar-refractivity contribution in [1.29, 1.82) is 0 Å². The minimum absolute atomic E-state index is 0.0497. The van der Waals surface area contributed by atoms with Gasteiger partial charge in [-0.2, -0.15) is 5.10 Å². The summed E-state index contributed by atoms with van der Waals surface area (Å²) in [7, 11) is 0. The summed E-state index contributed by atoms with van der Waals surface area (Å²) in [5.41, 5.74) is 3.53. The molecule has 0 aliphatic rings. The van der Waals surface area contributed by atoms with Crippen LogP contribution in [0.25, 0.3) is 0 Å². The van der Waals surface area contributed by atoms with Crippen molar-refractivity contribution in [3.8, 4) is 0 Å². The van der Waals surface area contributed by atoms with Gasteiger partial charge in [0, 0.05) is 17.2 Å². The average Bonchev–Trinajstić information content (AvgIpc) is 2.48. The van der Waals surface area contributed by atoms with Gasteiger partial charge in [0.25, 0.3) is 11.6 Å². The minimum atomic E-state index is -0.510. The lowest BCUT2D eigenvalue weighted by atomic mass is 10.1. The van der Waals surface area contributed by atoms with Crippen LogP contribution in [0.2, 0.25) is 0 Å². The van der Waals surface area contributed by atoms with E-state index in [0.717, 1.165) is 0 Å². The highest BCUT2D eigenvalue weighted by Gasteiger charge is 2.13. The summed E-state index contributed by atoms with van der Waals surface area (Å²) in [5, 5.41) is 14.5. The number of carbonyl (C=O) groups excluding carboxylic acids is 1. The Bertz CT molecular complexity index is 742. The first-order chi connectivity index (χ1) is 10.5. The zero-order valence-corrected chi connectivity index (χ0v) is 11.6. The molecule has 1 N–H and O–H groups in total. The number of nitro benzene ring substituents is 1. The zero-order chi connectivity index (χ0) is 16.1. The van der Waals surface area contributed by atoms with Crippen molar-refractivity contribution in [2.45, 2.75) is 6.92 Å². The van der Waals surface area contributed by atoms with Crippen LogP contribution in [0, 0.1) is 22.9 Å². The number of benzene rings is 2. The summed E-state index contributed by atoms with van der Waals surface area (Å²) >= 11 is 0. The molecule has 0 aromatic heterocycles. The first-order valence-corrected chi connectivity index (χ1v) is 6.31. The van der Waals surface area contributed by atoms with Gasteiger partial charge in [-0.05, 0) is 36.8 Å². The van der Waals surface area contributed by atoms with Gasteiger partial charge in [0.1, 0.15) is 5.82 Å². The van der Waals surface area contributed by atoms with Crippen LogP contribution in [0.5, 0.6) is 0 Å². The Labute approximate surface area is 125 Å². The molecule has 6 nitrogen and oxygen atoms in total. The number of hydrazone groups is 1. The lowest BCUT2D eigenvalue weighted by molar-refractivity contribution is -0.385. The zero-order valence-electron chi connectivity index (χ0n) is 11.6. The Hall–Kier alpha value is -3.09. The van der Waals surface area contributed by atoms with Crippen LogP contribution in [0.1, 0.15) is 21.5 Å². The topological polar surface area (TPSA) is 84.6 Å². The van der Waals surface area contributed by atoms with E-state index < -0.39 is 10.8 Å². The second-order valence-electron chi connectivity index (χ2n) is 4.51. The SMILES string of the molecule is Cc1cc(C(=O)N/N=C/c2ccc(F)cc2)ccc1[N+](=O)[O-]. The summed E-state index contributed by atoms with van der Waals surface area (Å²) in [6.07, 6.45) is 1.37. The first kappa shape index (κ1) is 15.3. The van der Waals surface area contributed by atoms with Gasteiger partial charge in [-0.15, -0.1) is 0 Å². The van der Waals surface area contributed by atoms with Crippen LogP contribution in [0.4, 0.5) is 10.1 Å². The molecule has 0 aliphatic carbocycles. The van der Waals surface area contributed by atoms with Crippen molar-refractivity contribution in [1.82, 2.24) is 5.43 Å². The van der Waals surface area contributed by atoms with E-state index in [1.165, 1.54) is 48.7 Å². The summed E-state index contributed by atoms with van der Waals surface area (Å²) in [5.74, 6) is -0.848. The van der Waals surface area contributed by atoms with Crippen molar-refractivity contribution < 1.29 is 14.1 Å². The molecule has 0 saturated carbocycles. The molecule has 22 heavy (non-hydrogen) atoms. The number of nitrogens with zero attached hydrogens (tertiary/aromatic N) is 2. The Kier molecular flexibility index (Phi) is 4.57. The monoisotopic (exact) mass is 301 g/mol. The number of nitrogens with one attached hydrogen (secondary N) is 1. The molecular weight excluding hydrogens is 289 g/mol. The first-order valence-electron chi connectivity index (χ1n) is 6.31. The third-order valence-electron chi connectivity index (χ3n) is 2.91. The van der Waals surface area contributed by atoms with Crippen molar-refractivity contribution in [3.63, 3.8) is 0 Å². The van der Waals surface area contributed by atoms with E-state index in [9.17, 15) is 19.3 Å². The average molecular weight is 301 g/mol. The highest BCUT2D eigenvalue weighted by atomic mass is 19.1. The number of aryl methyl sites for hydroxylation is 1. The minimum Gasteiger partial charge on any atom is -0.267 e. The second-order valence-corrected chi connectivity index (χ2v) is 4.51. The number of carbonyl (C=O) groups is 1. The molecule has 2 aromatic rings. The molecule has 2 aromatic carbocycles. The van der Waals surface area contributed by atoms with Crippen molar-refractivity contribution >= 4 is 17.8 Å². The molecule has 7 heteroatoms. The molecule has 0 bridgehead atoms. The van der Waals surface area contributed by atoms with E-state index in [1.807, 2.05) is 0 Å². The Balaban J connectivity index is 2.04. The predicted molar refractivity (Wildman–Crippen MR) is 79.3 cm³/mol. The summed E-state index contributed by atoms with van der Waals surface area (Å²) in [6.45, 7) is 1.55. The third kappa shape index (κ3) is 3.72. The molecule has 112 valence electrons. The summed E-state index contributed by atoms with van der Waals surface area (Å²) in [4.78, 5) is 22.1. The molecule has 0 unspecified atom stereocenters. The number of halogens is 1. The molecule has 0 fully saturated rings. The van der Waals surface area contributed by atoms with Crippen LogP contribution in [0.3, 0.4) is 0 Å². The maximum Gasteiger partial charge on any atom is 0.272 e. The fourth-order valence-electron chi connectivity index (χ4n) is 1.78. The van der Waals surface area contributed by atoms with Gasteiger partial charge in [-0.3, -0.25) is 14.9 Å². The lowest BCUT2D eigenvalue weighted by Crippen LogP contribution is -2.17. The highest BCUT2D eigenvalue weighted by Crippen LogP contribution is 2.18. The molecule has 0 aliphatic heterocycles. The standard InChI is InChI=1S/C15H12FN3O3/c1-10-8-12(4-7-14(10)19(21)22)15(20)18-17-9-11-2-5-13(16)6-3-11/h2-9H,1H3,(H,18,20)/b17-9+. The molecule has 0 atom stereocenters. The van der Waals surface area contributed by atoms with Gasteiger partial charge < -0.3 is 0 Å². The van der Waals surface area contributed by atoms with Crippen molar-refractivity contribution in [2.24, 2.45) is 5.10 Å².